The zero-order valence-corrected chi connectivity index (χ0v) is 13.8. The zero-order chi connectivity index (χ0) is 10.4. The molecule has 0 radical (unpaired) electrons. The molecule has 0 spiro atoms. The van der Waals surface area contributed by atoms with E-state index in [1.807, 2.05) is 0 Å². The standard InChI is InChI=1S/C13H21Si.ClH.Mg/c1-4-14(5-2,6-3)12-13-10-8-7-9-11-13;;/h7-12H,4-6H2,1-3H3;1H;/q-1;;+2/p-1. The number of hydrogen-bond acceptors (Lipinski definition) is 0. The monoisotopic (exact) mass is 264 g/mol. The van der Waals surface area contributed by atoms with Crippen molar-refractivity contribution in [3.8, 4) is 0 Å². The molecule has 86 valence electrons. The summed E-state index contributed by atoms with van der Waals surface area (Å²) in [6.07, 6.45) is 0. The molecule has 0 saturated heterocycles. The van der Waals surface area contributed by atoms with Crippen LogP contribution in [0.5, 0.6) is 0 Å². The Hall–Kier alpha value is 0.363. The van der Waals surface area contributed by atoms with Crippen LogP contribution in [0.2, 0.25) is 18.1 Å². The summed E-state index contributed by atoms with van der Waals surface area (Å²) < 4.78 is 0. The molecule has 1 aromatic carbocycles. The first-order chi connectivity index (χ1) is 6.76. The molecule has 0 unspecified atom stereocenters. The Bertz CT molecular complexity index is 252. The van der Waals surface area contributed by atoms with Gasteiger partial charge in [-0.25, -0.2) is 0 Å². The predicted octanol–water partition coefficient (Wildman–Crippen LogP) is 0.910. The van der Waals surface area contributed by atoms with E-state index < -0.39 is 8.07 Å². The molecule has 1 aromatic rings. The van der Waals surface area contributed by atoms with Gasteiger partial charge in [0, 0.05) is 8.07 Å². The quantitative estimate of drug-likeness (QED) is 0.548. The maximum Gasteiger partial charge on any atom is 2.00 e. The first-order valence-electron chi connectivity index (χ1n) is 5.67. The van der Waals surface area contributed by atoms with Crippen molar-refractivity contribution in [2.75, 3.05) is 0 Å². The van der Waals surface area contributed by atoms with E-state index in [0.29, 0.717) is 0 Å². The van der Waals surface area contributed by atoms with Crippen molar-refractivity contribution in [1.29, 1.82) is 0 Å². The van der Waals surface area contributed by atoms with Gasteiger partial charge in [0.2, 0.25) is 0 Å². The Morgan fingerprint density at radius 2 is 1.38 bits per heavy atom. The molecule has 0 saturated carbocycles. The molecule has 0 fully saturated rings. The SMILES string of the molecule is CC[Si]([CH-]c1ccccc1)(CC)CC.[Cl-].[Mg+2]. The largest absolute Gasteiger partial charge is 2.00 e. The Labute approximate surface area is 124 Å². The Kier molecular flexibility index (Phi) is 11.0. The zero-order valence-electron chi connectivity index (χ0n) is 10.7. The van der Waals surface area contributed by atoms with Gasteiger partial charge in [-0.15, -0.1) is 12.1 Å². The Morgan fingerprint density at radius 1 is 0.938 bits per heavy atom. The first-order valence-corrected chi connectivity index (χ1v) is 8.37. The average molecular weight is 265 g/mol. The fourth-order valence-corrected chi connectivity index (χ4v) is 4.97. The van der Waals surface area contributed by atoms with Crippen molar-refractivity contribution in [2.24, 2.45) is 0 Å². The fourth-order valence-electron chi connectivity index (χ4n) is 1.96. The van der Waals surface area contributed by atoms with E-state index in [9.17, 15) is 0 Å². The van der Waals surface area contributed by atoms with Crippen molar-refractivity contribution in [1.82, 2.24) is 0 Å². The normalized spacial score (nSPS) is 9.94. The molecule has 0 N–H and O–H groups in total. The maximum atomic E-state index is 2.58. The van der Waals surface area contributed by atoms with Gasteiger partial charge in [-0.3, -0.25) is 0 Å². The van der Waals surface area contributed by atoms with Gasteiger partial charge in [-0.1, -0.05) is 45.0 Å². The molecule has 0 heterocycles. The van der Waals surface area contributed by atoms with E-state index in [-0.39, 0.29) is 35.5 Å². The molecule has 1 rings (SSSR count). The summed E-state index contributed by atoms with van der Waals surface area (Å²) in [6.45, 7) is 7.04. The Morgan fingerprint density at radius 3 is 1.75 bits per heavy atom. The molecule has 0 amide bonds. The van der Waals surface area contributed by atoms with Gasteiger partial charge in [-0.05, 0) is 0 Å². The van der Waals surface area contributed by atoms with E-state index in [1.54, 1.807) is 0 Å². The minimum Gasteiger partial charge on any atom is -1.00 e. The van der Waals surface area contributed by atoms with Gasteiger partial charge in [0.25, 0.3) is 0 Å². The van der Waals surface area contributed by atoms with E-state index in [1.165, 1.54) is 23.7 Å². The van der Waals surface area contributed by atoms with Crippen LogP contribution >= 0.6 is 0 Å². The van der Waals surface area contributed by atoms with Crippen molar-refractivity contribution in [3.63, 3.8) is 0 Å². The third-order valence-corrected chi connectivity index (χ3v) is 8.56. The summed E-state index contributed by atoms with van der Waals surface area (Å²) in [5, 5.41) is 0. The van der Waals surface area contributed by atoms with E-state index in [2.05, 4.69) is 57.1 Å². The molecule has 3 heteroatoms. The minimum atomic E-state index is -1.08. The van der Waals surface area contributed by atoms with Gasteiger partial charge in [0.15, 0.2) is 0 Å². The molecule has 0 nitrogen and oxygen atoms in total. The number of halogens is 1. The molecule has 0 atom stereocenters. The van der Waals surface area contributed by atoms with Crippen molar-refractivity contribution in [2.45, 2.75) is 38.9 Å². The number of benzene rings is 1. The molecule has 0 aliphatic rings. The molecule has 0 aliphatic heterocycles. The first kappa shape index (κ1) is 18.7. The average Bonchev–Trinajstić information content (AvgIpc) is 2.28. The maximum absolute atomic E-state index is 2.58. The van der Waals surface area contributed by atoms with Crippen LogP contribution in [0.3, 0.4) is 0 Å². The van der Waals surface area contributed by atoms with Crippen LogP contribution in [-0.2, 0) is 0 Å². The van der Waals surface area contributed by atoms with Crippen LogP contribution in [0, 0.1) is 6.04 Å². The van der Waals surface area contributed by atoms with Crippen LogP contribution in [0.1, 0.15) is 26.3 Å². The summed E-state index contributed by atoms with van der Waals surface area (Å²) >= 11 is 0. The summed E-state index contributed by atoms with van der Waals surface area (Å²) in [5.41, 5.74) is 1.42. The van der Waals surface area contributed by atoms with Gasteiger partial charge in [0.1, 0.15) is 0 Å². The third kappa shape index (κ3) is 5.13. The summed E-state index contributed by atoms with van der Waals surface area (Å²) in [4.78, 5) is 0. The van der Waals surface area contributed by atoms with Gasteiger partial charge >= 0.3 is 23.1 Å². The third-order valence-electron chi connectivity index (χ3n) is 3.38. The van der Waals surface area contributed by atoms with Crippen LogP contribution in [-0.4, -0.2) is 31.1 Å². The van der Waals surface area contributed by atoms with E-state index in [0.717, 1.165) is 0 Å². The van der Waals surface area contributed by atoms with E-state index in [4.69, 9.17) is 0 Å². The number of rotatable bonds is 5. The van der Waals surface area contributed by atoms with Gasteiger partial charge < -0.3 is 12.4 Å². The van der Waals surface area contributed by atoms with Crippen molar-refractivity contribution >= 4 is 31.1 Å². The molecule has 0 aliphatic carbocycles. The molecular weight excluding hydrogens is 244 g/mol. The topological polar surface area (TPSA) is 0 Å². The molecular formula is C13H21ClMgSi. The summed E-state index contributed by atoms with van der Waals surface area (Å²) in [5.74, 6) is 0. The summed E-state index contributed by atoms with van der Waals surface area (Å²) in [7, 11) is -1.08. The predicted molar refractivity (Wildman–Crippen MR) is 72.8 cm³/mol. The minimum absolute atomic E-state index is 0. The van der Waals surface area contributed by atoms with Crippen LogP contribution in [0.15, 0.2) is 30.3 Å². The molecule has 16 heavy (non-hydrogen) atoms. The second-order valence-electron chi connectivity index (χ2n) is 3.98. The Balaban J connectivity index is 0. The number of hydrogen-bond donors (Lipinski definition) is 0. The van der Waals surface area contributed by atoms with Gasteiger partial charge in [0.05, 0.1) is 0 Å². The van der Waals surface area contributed by atoms with E-state index >= 15 is 0 Å². The van der Waals surface area contributed by atoms with Crippen LogP contribution in [0.25, 0.3) is 0 Å². The van der Waals surface area contributed by atoms with Crippen molar-refractivity contribution in [3.05, 3.63) is 41.9 Å². The fraction of sp³-hybridized carbons (Fsp3) is 0.462. The molecule has 0 aromatic heterocycles. The molecule has 0 bridgehead atoms. The van der Waals surface area contributed by atoms with Crippen molar-refractivity contribution < 1.29 is 12.4 Å². The van der Waals surface area contributed by atoms with Crippen LogP contribution in [0.4, 0.5) is 0 Å². The second-order valence-corrected chi connectivity index (χ2v) is 9.11. The summed E-state index contributed by atoms with van der Waals surface area (Å²) in [6, 6.07) is 17.5. The smallest absolute Gasteiger partial charge is 1.00 e. The second kappa shape index (κ2) is 9.40. The van der Waals surface area contributed by atoms with Crippen LogP contribution < -0.4 is 12.4 Å². The van der Waals surface area contributed by atoms with Gasteiger partial charge in [-0.2, -0.15) is 23.7 Å².